The summed E-state index contributed by atoms with van der Waals surface area (Å²) in [5.41, 5.74) is 8.96. The van der Waals surface area contributed by atoms with Gasteiger partial charge in [-0.25, -0.2) is 0 Å². The third-order valence-electron chi connectivity index (χ3n) is 2.52. The van der Waals surface area contributed by atoms with Gasteiger partial charge < -0.3 is 10.3 Å². The van der Waals surface area contributed by atoms with Crippen LogP contribution in [0.5, 0.6) is 0 Å². The second kappa shape index (κ2) is 3.31. The molecule has 0 spiro atoms. The van der Waals surface area contributed by atoms with Crippen molar-refractivity contribution in [2.24, 2.45) is 12.8 Å². The van der Waals surface area contributed by atoms with Gasteiger partial charge in [-0.05, 0) is 11.6 Å². The number of para-hydroxylation sites is 1. The summed E-state index contributed by atoms with van der Waals surface area (Å²) in [6.07, 6.45) is 2.08. The van der Waals surface area contributed by atoms with E-state index in [1.165, 1.54) is 10.9 Å². The van der Waals surface area contributed by atoms with E-state index < -0.39 is 0 Å². The Kier molecular flexibility index (Phi) is 2.14. The van der Waals surface area contributed by atoms with Crippen LogP contribution in [0.2, 0.25) is 0 Å². The molecule has 14 heavy (non-hydrogen) atoms. The molecule has 1 aromatic carbocycles. The van der Waals surface area contributed by atoms with Gasteiger partial charge in [0.05, 0.1) is 0 Å². The molecule has 1 heterocycles. The number of nitrogens with two attached hydrogens (primary N) is 1. The van der Waals surface area contributed by atoms with E-state index in [1.54, 1.807) is 0 Å². The monoisotopic (exact) mass is 186 g/mol. The number of aryl methyl sites for hydroxylation is 1. The van der Waals surface area contributed by atoms with E-state index in [1.807, 2.05) is 19.2 Å². The zero-order chi connectivity index (χ0) is 10.1. The average molecular weight is 186 g/mol. The molecule has 0 aliphatic rings. The lowest BCUT2D eigenvalue weighted by atomic mass is 10.1. The Labute approximate surface area is 83.6 Å². The number of nitrogens with zero attached hydrogens (tertiary/aromatic N) is 1. The number of hydrogen-bond donors (Lipinski definition) is 1. The van der Waals surface area contributed by atoms with Crippen molar-refractivity contribution >= 4 is 16.5 Å². The molecule has 0 saturated carbocycles. The van der Waals surface area contributed by atoms with E-state index in [9.17, 15) is 0 Å². The molecule has 0 radical (unpaired) electrons. The maximum absolute atomic E-state index is 5.60. The molecule has 0 aliphatic heterocycles. The molecule has 72 valence electrons. The summed E-state index contributed by atoms with van der Waals surface area (Å²) < 4.78 is 2.10. The molecule has 0 unspecified atom stereocenters. The van der Waals surface area contributed by atoms with E-state index in [2.05, 4.69) is 29.5 Å². The van der Waals surface area contributed by atoms with Crippen molar-refractivity contribution in [2.75, 3.05) is 6.54 Å². The van der Waals surface area contributed by atoms with Gasteiger partial charge in [0, 0.05) is 36.3 Å². The molecule has 2 rings (SSSR count). The Morgan fingerprint density at radius 3 is 2.86 bits per heavy atom. The Morgan fingerprint density at radius 1 is 1.43 bits per heavy atom. The summed E-state index contributed by atoms with van der Waals surface area (Å²) in [5, 5.41) is 1.23. The van der Waals surface area contributed by atoms with Gasteiger partial charge in [-0.1, -0.05) is 24.8 Å². The first-order valence-electron chi connectivity index (χ1n) is 4.66. The normalized spacial score (nSPS) is 10.7. The Morgan fingerprint density at radius 2 is 2.14 bits per heavy atom. The van der Waals surface area contributed by atoms with E-state index in [-0.39, 0.29) is 0 Å². The van der Waals surface area contributed by atoms with Crippen molar-refractivity contribution in [3.8, 4) is 0 Å². The van der Waals surface area contributed by atoms with Crippen LogP contribution < -0.4 is 5.73 Å². The SMILES string of the molecule is C=C(CN)c1cn(C)c2ccccc12. The largest absolute Gasteiger partial charge is 0.350 e. The summed E-state index contributed by atoms with van der Waals surface area (Å²) >= 11 is 0. The highest BCUT2D eigenvalue weighted by Gasteiger charge is 2.06. The fourth-order valence-electron chi connectivity index (χ4n) is 1.73. The van der Waals surface area contributed by atoms with Gasteiger partial charge in [-0.3, -0.25) is 0 Å². The van der Waals surface area contributed by atoms with Gasteiger partial charge in [0.2, 0.25) is 0 Å². The van der Waals surface area contributed by atoms with Crippen molar-refractivity contribution in [2.45, 2.75) is 0 Å². The smallest absolute Gasteiger partial charge is 0.0484 e. The van der Waals surface area contributed by atoms with Gasteiger partial charge in [0.1, 0.15) is 0 Å². The molecule has 0 amide bonds. The Balaban J connectivity index is 2.72. The number of fused-ring (bicyclic) bond motifs is 1. The minimum absolute atomic E-state index is 0.508. The highest BCUT2D eigenvalue weighted by molar-refractivity contribution is 5.92. The molecular formula is C12H14N2. The lowest BCUT2D eigenvalue weighted by molar-refractivity contribution is 0.966. The fraction of sp³-hybridized carbons (Fsp3) is 0.167. The van der Waals surface area contributed by atoms with Crippen LogP contribution in [0.1, 0.15) is 5.56 Å². The average Bonchev–Trinajstić information content (AvgIpc) is 2.56. The molecule has 1 aromatic heterocycles. The quantitative estimate of drug-likeness (QED) is 0.765. The maximum Gasteiger partial charge on any atom is 0.0484 e. The number of rotatable bonds is 2. The fourth-order valence-corrected chi connectivity index (χ4v) is 1.73. The molecule has 0 aliphatic carbocycles. The molecule has 2 aromatic rings. The first kappa shape index (κ1) is 9.03. The van der Waals surface area contributed by atoms with Crippen LogP contribution in [0, 0.1) is 0 Å². The van der Waals surface area contributed by atoms with Crippen LogP contribution in [0.4, 0.5) is 0 Å². The molecule has 0 fully saturated rings. The zero-order valence-corrected chi connectivity index (χ0v) is 8.33. The summed E-state index contributed by atoms with van der Waals surface area (Å²) in [7, 11) is 2.04. The third kappa shape index (κ3) is 1.24. The summed E-state index contributed by atoms with van der Waals surface area (Å²) in [4.78, 5) is 0. The Bertz CT molecular complexity index is 480. The van der Waals surface area contributed by atoms with Gasteiger partial charge in [-0.2, -0.15) is 0 Å². The topological polar surface area (TPSA) is 30.9 Å². The summed E-state index contributed by atoms with van der Waals surface area (Å²) in [6, 6.07) is 8.28. The molecule has 2 N–H and O–H groups in total. The van der Waals surface area contributed by atoms with Crippen LogP contribution in [0.25, 0.3) is 16.5 Å². The van der Waals surface area contributed by atoms with Crippen molar-refractivity contribution < 1.29 is 0 Å². The van der Waals surface area contributed by atoms with Gasteiger partial charge in [-0.15, -0.1) is 0 Å². The van der Waals surface area contributed by atoms with Crippen molar-refractivity contribution in [3.05, 3.63) is 42.6 Å². The molecule has 0 saturated heterocycles. The van der Waals surface area contributed by atoms with Crippen LogP contribution in [0.15, 0.2) is 37.0 Å². The summed E-state index contributed by atoms with van der Waals surface area (Å²) in [5.74, 6) is 0. The first-order valence-corrected chi connectivity index (χ1v) is 4.66. The van der Waals surface area contributed by atoms with E-state index in [0.29, 0.717) is 6.54 Å². The van der Waals surface area contributed by atoms with Crippen LogP contribution in [0.3, 0.4) is 0 Å². The molecular weight excluding hydrogens is 172 g/mol. The number of aromatic nitrogens is 1. The van der Waals surface area contributed by atoms with Crippen molar-refractivity contribution in [3.63, 3.8) is 0 Å². The van der Waals surface area contributed by atoms with Gasteiger partial charge in [0.25, 0.3) is 0 Å². The third-order valence-corrected chi connectivity index (χ3v) is 2.52. The van der Waals surface area contributed by atoms with Crippen molar-refractivity contribution in [1.82, 2.24) is 4.57 Å². The second-order valence-corrected chi connectivity index (χ2v) is 3.48. The zero-order valence-electron chi connectivity index (χ0n) is 8.33. The van der Waals surface area contributed by atoms with Gasteiger partial charge >= 0.3 is 0 Å². The number of benzene rings is 1. The standard InChI is InChI=1S/C12H14N2/c1-9(7-13)11-8-14(2)12-6-4-3-5-10(11)12/h3-6,8H,1,7,13H2,2H3. The molecule has 0 atom stereocenters. The van der Waals surface area contributed by atoms with Crippen molar-refractivity contribution in [1.29, 1.82) is 0 Å². The maximum atomic E-state index is 5.60. The minimum Gasteiger partial charge on any atom is -0.350 e. The second-order valence-electron chi connectivity index (χ2n) is 3.48. The highest BCUT2D eigenvalue weighted by atomic mass is 14.9. The Hall–Kier alpha value is -1.54. The predicted molar refractivity (Wildman–Crippen MR) is 61.0 cm³/mol. The van der Waals surface area contributed by atoms with Crippen LogP contribution in [-0.2, 0) is 7.05 Å². The lowest BCUT2D eigenvalue weighted by Crippen LogP contribution is -2.00. The highest BCUT2D eigenvalue weighted by Crippen LogP contribution is 2.24. The minimum atomic E-state index is 0.508. The summed E-state index contributed by atoms with van der Waals surface area (Å²) in [6.45, 7) is 4.48. The predicted octanol–water partition coefficient (Wildman–Crippen LogP) is 2.15. The van der Waals surface area contributed by atoms with Gasteiger partial charge in [0.15, 0.2) is 0 Å². The molecule has 0 bridgehead atoms. The van der Waals surface area contributed by atoms with E-state index >= 15 is 0 Å². The molecule has 2 nitrogen and oxygen atoms in total. The number of hydrogen-bond acceptors (Lipinski definition) is 1. The first-order chi connectivity index (χ1) is 6.74. The molecule has 2 heteroatoms. The van der Waals surface area contributed by atoms with Crippen LogP contribution in [-0.4, -0.2) is 11.1 Å². The van der Waals surface area contributed by atoms with E-state index in [4.69, 9.17) is 5.73 Å². The van der Waals surface area contributed by atoms with Crippen LogP contribution >= 0.6 is 0 Å². The van der Waals surface area contributed by atoms with E-state index in [0.717, 1.165) is 11.1 Å². The lowest BCUT2D eigenvalue weighted by Gasteiger charge is -1.98.